The van der Waals surface area contributed by atoms with Crippen LogP contribution in [0.4, 0.5) is 0 Å². The molecule has 5 heteroatoms. The number of para-hydroxylation sites is 1. The fourth-order valence-electron chi connectivity index (χ4n) is 1.96. The van der Waals surface area contributed by atoms with Gasteiger partial charge in [0.05, 0.1) is 14.2 Å². The highest BCUT2D eigenvalue weighted by molar-refractivity contribution is 5.76. The Morgan fingerprint density at radius 1 is 1.35 bits per heavy atom. The summed E-state index contributed by atoms with van der Waals surface area (Å²) in [6, 6.07) is 5.65. The standard InChI is InChI=1S/C15H24N2O3/c1-11(9-16)8-14(18)17(2)10-12-6-5-7-13(19-3)15(12)20-4/h5-7,11H,8-10,16H2,1-4H3. The number of amides is 1. The molecule has 1 aromatic carbocycles. The highest BCUT2D eigenvalue weighted by Gasteiger charge is 2.16. The molecule has 0 radical (unpaired) electrons. The lowest BCUT2D eigenvalue weighted by atomic mass is 10.1. The lowest BCUT2D eigenvalue weighted by Gasteiger charge is -2.21. The van der Waals surface area contributed by atoms with Crippen LogP contribution >= 0.6 is 0 Å². The largest absolute Gasteiger partial charge is 0.493 e. The summed E-state index contributed by atoms with van der Waals surface area (Å²) in [7, 11) is 4.98. The van der Waals surface area contributed by atoms with E-state index in [1.807, 2.05) is 25.1 Å². The van der Waals surface area contributed by atoms with Crippen molar-refractivity contribution in [1.82, 2.24) is 4.90 Å². The van der Waals surface area contributed by atoms with Gasteiger partial charge < -0.3 is 20.1 Å². The number of carbonyl (C=O) groups is 1. The number of ether oxygens (including phenoxy) is 2. The molecule has 0 aliphatic heterocycles. The van der Waals surface area contributed by atoms with Crippen molar-refractivity contribution in [1.29, 1.82) is 0 Å². The van der Waals surface area contributed by atoms with Crippen LogP contribution < -0.4 is 15.2 Å². The Labute approximate surface area is 120 Å². The fourth-order valence-corrected chi connectivity index (χ4v) is 1.96. The van der Waals surface area contributed by atoms with Crippen LogP contribution in [0.3, 0.4) is 0 Å². The van der Waals surface area contributed by atoms with Crippen LogP contribution in [0.15, 0.2) is 18.2 Å². The van der Waals surface area contributed by atoms with Crippen molar-refractivity contribution in [2.75, 3.05) is 27.8 Å². The zero-order valence-electron chi connectivity index (χ0n) is 12.7. The molecule has 5 nitrogen and oxygen atoms in total. The molecule has 112 valence electrons. The van der Waals surface area contributed by atoms with Crippen molar-refractivity contribution in [3.63, 3.8) is 0 Å². The van der Waals surface area contributed by atoms with Gasteiger partial charge in [-0.3, -0.25) is 4.79 Å². The van der Waals surface area contributed by atoms with E-state index in [9.17, 15) is 4.79 Å². The molecular formula is C15H24N2O3. The summed E-state index contributed by atoms with van der Waals surface area (Å²) in [6.07, 6.45) is 0.458. The van der Waals surface area contributed by atoms with Gasteiger partial charge in [-0.1, -0.05) is 19.1 Å². The van der Waals surface area contributed by atoms with E-state index in [1.54, 1.807) is 26.2 Å². The summed E-state index contributed by atoms with van der Waals surface area (Å²) < 4.78 is 10.6. The third-order valence-electron chi connectivity index (χ3n) is 3.24. The first kappa shape index (κ1) is 16.3. The van der Waals surface area contributed by atoms with Crippen LogP contribution in [0.25, 0.3) is 0 Å². The van der Waals surface area contributed by atoms with Crippen molar-refractivity contribution < 1.29 is 14.3 Å². The molecule has 1 atom stereocenters. The number of rotatable bonds is 7. The first-order valence-corrected chi connectivity index (χ1v) is 6.67. The molecule has 1 unspecified atom stereocenters. The highest BCUT2D eigenvalue weighted by atomic mass is 16.5. The average molecular weight is 280 g/mol. The predicted octanol–water partition coefficient (Wildman–Crippen LogP) is 1.65. The first-order valence-electron chi connectivity index (χ1n) is 6.67. The molecule has 0 heterocycles. The second kappa shape index (κ2) is 7.75. The van der Waals surface area contributed by atoms with Crippen LogP contribution in [-0.4, -0.2) is 38.6 Å². The molecule has 2 N–H and O–H groups in total. The summed E-state index contributed by atoms with van der Waals surface area (Å²) in [5.74, 6) is 1.60. The van der Waals surface area contributed by atoms with E-state index in [0.717, 1.165) is 5.56 Å². The Kier molecular flexibility index (Phi) is 6.31. The number of hydrogen-bond acceptors (Lipinski definition) is 4. The second-order valence-corrected chi connectivity index (χ2v) is 4.95. The maximum absolute atomic E-state index is 12.1. The summed E-state index contributed by atoms with van der Waals surface area (Å²) in [4.78, 5) is 13.8. The normalized spacial score (nSPS) is 11.8. The number of methoxy groups -OCH3 is 2. The minimum Gasteiger partial charge on any atom is -0.493 e. The van der Waals surface area contributed by atoms with E-state index >= 15 is 0 Å². The molecule has 0 aliphatic carbocycles. The molecule has 1 amide bonds. The molecule has 0 aromatic heterocycles. The van der Waals surface area contributed by atoms with Gasteiger partial charge >= 0.3 is 0 Å². The van der Waals surface area contributed by atoms with Gasteiger partial charge in [0, 0.05) is 25.6 Å². The van der Waals surface area contributed by atoms with Crippen molar-refractivity contribution in [2.45, 2.75) is 19.9 Å². The Balaban J connectivity index is 2.80. The number of nitrogens with zero attached hydrogens (tertiary/aromatic N) is 1. The topological polar surface area (TPSA) is 64.8 Å². The number of hydrogen-bond donors (Lipinski definition) is 1. The van der Waals surface area contributed by atoms with E-state index in [2.05, 4.69) is 0 Å². The van der Waals surface area contributed by atoms with Gasteiger partial charge in [0.25, 0.3) is 0 Å². The Morgan fingerprint density at radius 2 is 2.05 bits per heavy atom. The lowest BCUT2D eigenvalue weighted by molar-refractivity contribution is -0.131. The molecule has 0 bridgehead atoms. The maximum atomic E-state index is 12.1. The summed E-state index contributed by atoms with van der Waals surface area (Å²) in [6.45, 7) is 2.97. The Morgan fingerprint density at radius 3 is 2.60 bits per heavy atom. The highest BCUT2D eigenvalue weighted by Crippen LogP contribution is 2.31. The molecule has 0 fully saturated rings. The van der Waals surface area contributed by atoms with Gasteiger partial charge in [0.1, 0.15) is 0 Å². The maximum Gasteiger partial charge on any atom is 0.222 e. The van der Waals surface area contributed by atoms with Crippen molar-refractivity contribution in [3.05, 3.63) is 23.8 Å². The molecule has 0 aliphatic rings. The quantitative estimate of drug-likeness (QED) is 0.824. The van der Waals surface area contributed by atoms with E-state index in [1.165, 1.54) is 0 Å². The number of nitrogens with two attached hydrogens (primary N) is 1. The zero-order chi connectivity index (χ0) is 15.1. The number of benzene rings is 1. The molecule has 1 rings (SSSR count). The lowest BCUT2D eigenvalue weighted by Crippen LogP contribution is -2.29. The van der Waals surface area contributed by atoms with Gasteiger partial charge in [-0.05, 0) is 18.5 Å². The van der Waals surface area contributed by atoms with Gasteiger partial charge in [0.2, 0.25) is 5.91 Å². The third kappa shape index (κ3) is 4.13. The zero-order valence-corrected chi connectivity index (χ0v) is 12.7. The van der Waals surface area contributed by atoms with Crippen LogP contribution in [0.5, 0.6) is 11.5 Å². The summed E-state index contributed by atoms with van der Waals surface area (Å²) in [5.41, 5.74) is 6.47. The van der Waals surface area contributed by atoms with E-state index in [4.69, 9.17) is 15.2 Å². The molecule has 0 saturated carbocycles. The van der Waals surface area contributed by atoms with Crippen LogP contribution in [0, 0.1) is 5.92 Å². The van der Waals surface area contributed by atoms with Gasteiger partial charge in [-0.2, -0.15) is 0 Å². The van der Waals surface area contributed by atoms with Crippen molar-refractivity contribution in [2.24, 2.45) is 11.7 Å². The van der Waals surface area contributed by atoms with Crippen LogP contribution in [0.2, 0.25) is 0 Å². The van der Waals surface area contributed by atoms with E-state index < -0.39 is 0 Å². The second-order valence-electron chi connectivity index (χ2n) is 4.95. The minimum atomic E-state index is 0.0767. The molecular weight excluding hydrogens is 256 g/mol. The monoisotopic (exact) mass is 280 g/mol. The molecule has 0 saturated heterocycles. The fraction of sp³-hybridized carbons (Fsp3) is 0.533. The van der Waals surface area contributed by atoms with E-state index in [-0.39, 0.29) is 11.8 Å². The van der Waals surface area contributed by atoms with Crippen molar-refractivity contribution in [3.8, 4) is 11.5 Å². The van der Waals surface area contributed by atoms with Crippen LogP contribution in [0.1, 0.15) is 18.9 Å². The SMILES string of the molecule is COc1cccc(CN(C)C(=O)CC(C)CN)c1OC. The average Bonchev–Trinajstić information content (AvgIpc) is 2.46. The molecule has 20 heavy (non-hydrogen) atoms. The van der Waals surface area contributed by atoms with Gasteiger partial charge in [0.15, 0.2) is 11.5 Å². The third-order valence-corrected chi connectivity index (χ3v) is 3.24. The van der Waals surface area contributed by atoms with Gasteiger partial charge in [-0.25, -0.2) is 0 Å². The van der Waals surface area contributed by atoms with Gasteiger partial charge in [-0.15, -0.1) is 0 Å². The van der Waals surface area contributed by atoms with Crippen LogP contribution in [-0.2, 0) is 11.3 Å². The number of carbonyl (C=O) groups excluding carboxylic acids is 1. The summed E-state index contributed by atoms with van der Waals surface area (Å²) in [5, 5.41) is 0. The molecule has 0 spiro atoms. The Bertz CT molecular complexity index is 449. The van der Waals surface area contributed by atoms with Crippen molar-refractivity contribution >= 4 is 5.91 Å². The summed E-state index contributed by atoms with van der Waals surface area (Å²) >= 11 is 0. The van der Waals surface area contributed by atoms with E-state index in [0.29, 0.717) is 31.0 Å². The Hall–Kier alpha value is -1.75. The molecule has 1 aromatic rings. The predicted molar refractivity (Wildman–Crippen MR) is 78.9 cm³/mol. The minimum absolute atomic E-state index is 0.0767. The smallest absolute Gasteiger partial charge is 0.222 e. The first-order chi connectivity index (χ1) is 9.53.